The zero-order valence-electron chi connectivity index (χ0n) is 14.0. The van der Waals surface area contributed by atoms with Crippen molar-refractivity contribution in [2.24, 2.45) is 5.92 Å². The number of benzene rings is 2. The van der Waals surface area contributed by atoms with E-state index in [4.69, 9.17) is 4.74 Å². The third kappa shape index (κ3) is 2.89. The minimum Gasteiger partial charge on any atom is -0.462 e. The number of hydrogen-bond donors (Lipinski definition) is 1. The van der Waals surface area contributed by atoms with Crippen LogP contribution in [0.2, 0.25) is 0 Å². The normalized spacial score (nSPS) is 23.5. The van der Waals surface area contributed by atoms with Crippen molar-refractivity contribution in [2.75, 3.05) is 11.9 Å². The van der Waals surface area contributed by atoms with Gasteiger partial charge in [0.1, 0.15) is 0 Å². The van der Waals surface area contributed by atoms with Crippen molar-refractivity contribution in [3.8, 4) is 0 Å². The number of allylic oxidation sites excluding steroid dienone is 2. The van der Waals surface area contributed by atoms with E-state index in [0.717, 1.165) is 16.6 Å². The van der Waals surface area contributed by atoms with Gasteiger partial charge in [0.15, 0.2) is 0 Å². The Morgan fingerprint density at radius 2 is 2.04 bits per heavy atom. The molecule has 1 aliphatic carbocycles. The van der Waals surface area contributed by atoms with Gasteiger partial charge in [-0.3, -0.25) is 0 Å². The van der Waals surface area contributed by atoms with E-state index in [1.54, 1.807) is 0 Å². The number of carbonyl (C=O) groups excluding carboxylic acids is 1. The largest absolute Gasteiger partial charge is 0.462 e. The highest BCUT2D eigenvalue weighted by atomic mass is 79.9. The maximum absolute atomic E-state index is 12.4. The van der Waals surface area contributed by atoms with Gasteiger partial charge in [-0.05, 0) is 48.6 Å². The first kappa shape index (κ1) is 16.4. The van der Waals surface area contributed by atoms with Crippen LogP contribution in [-0.4, -0.2) is 12.6 Å². The first-order valence-electron chi connectivity index (χ1n) is 8.67. The molecule has 0 saturated heterocycles. The van der Waals surface area contributed by atoms with Crippen molar-refractivity contribution in [2.45, 2.75) is 25.3 Å². The van der Waals surface area contributed by atoms with Crippen molar-refractivity contribution >= 4 is 27.6 Å². The van der Waals surface area contributed by atoms with Crippen LogP contribution in [0.4, 0.5) is 5.69 Å². The van der Waals surface area contributed by atoms with Crippen molar-refractivity contribution in [3.05, 3.63) is 75.8 Å². The second-order valence-corrected chi connectivity index (χ2v) is 7.43. The molecule has 3 atom stereocenters. The Balaban J connectivity index is 1.79. The molecule has 0 bridgehead atoms. The van der Waals surface area contributed by atoms with E-state index < -0.39 is 0 Å². The topological polar surface area (TPSA) is 38.3 Å². The van der Waals surface area contributed by atoms with E-state index in [-0.39, 0.29) is 12.0 Å². The van der Waals surface area contributed by atoms with E-state index >= 15 is 0 Å². The van der Waals surface area contributed by atoms with Crippen molar-refractivity contribution in [1.82, 2.24) is 0 Å². The van der Waals surface area contributed by atoms with Gasteiger partial charge in [-0.25, -0.2) is 4.79 Å². The predicted octanol–water partition coefficient (Wildman–Crippen LogP) is 5.45. The maximum Gasteiger partial charge on any atom is 0.340 e. The molecule has 1 heterocycles. The number of esters is 1. The molecule has 2 aromatic carbocycles. The average Bonchev–Trinajstić information content (AvgIpc) is 3.11. The summed E-state index contributed by atoms with van der Waals surface area (Å²) < 4.78 is 6.33. The van der Waals surface area contributed by atoms with Gasteiger partial charge in [-0.15, -0.1) is 0 Å². The summed E-state index contributed by atoms with van der Waals surface area (Å²) in [5.74, 6) is 0.534. The third-order valence-electron chi connectivity index (χ3n) is 5.12. The number of anilines is 1. The van der Waals surface area contributed by atoms with Gasteiger partial charge < -0.3 is 10.1 Å². The van der Waals surface area contributed by atoms with Crippen LogP contribution in [0.3, 0.4) is 0 Å². The lowest BCUT2D eigenvalue weighted by molar-refractivity contribution is 0.0527. The second-order valence-electron chi connectivity index (χ2n) is 6.52. The summed E-state index contributed by atoms with van der Waals surface area (Å²) in [5.41, 5.74) is 3.98. The van der Waals surface area contributed by atoms with Crippen LogP contribution < -0.4 is 5.32 Å². The fourth-order valence-corrected chi connectivity index (χ4v) is 4.26. The predicted molar refractivity (Wildman–Crippen MR) is 103 cm³/mol. The van der Waals surface area contributed by atoms with E-state index in [9.17, 15) is 4.79 Å². The van der Waals surface area contributed by atoms with Gasteiger partial charge in [0, 0.05) is 10.4 Å². The fourth-order valence-electron chi connectivity index (χ4n) is 4.00. The van der Waals surface area contributed by atoms with E-state index in [1.165, 1.54) is 11.1 Å². The van der Waals surface area contributed by atoms with Crippen LogP contribution in [0.5, 0.6) is 0 Å². The van der Waals surface area contributed by atoms with E-state index in [2.05, 4.69) is 63.7 Å². The first-order chi connectivity index (χ1) is 12.2. The van der Waals surface area contributed by atoms with Gasteiger partial charge in [0.25, 0.3) is 0 Å². The second kappa shape index (κ2) is 6.68. The van der Waals surface area contributed by atoms with Gasteiger partial charge in [0.2, 0.25) is 0 Å². The first-order valence-corrected chi connectivity index (χ1v) is 9.47. The van der Waals surface area contributed by atoms with Crippen molar-refractivity contribution in [3.63, 3.8) is 0 Å². The Labute approximate surface area is 156 Å². The van der Waals surface area contributed by atoms with Crippen LogP contribution in [0.25, 0.3) is 0 Å². The highest BCUT2D eigenvalue weighted by Crippen LogP contribution is 2.50. The van der Waals surface area contributed by atoms with E-state index in [1.807, 2.05) is 19.1 Å². The number of nitrogens with one attached hydrogen (secondary N) is 1. The standard InChI is InChI=1S/C21H20BrNO2/c1-2-25-21(24)18-8-4-7-17-15-5-3-6-16(15)19(23-20(17)18)13-9-11-14(22)12-10-13/h3-5,7-12,15-16,19,23H,2,6H2,1H3/t15?,16?,19-/m0/s1. The SMILES string of the molecule is CCOC(=O)c1cccc2c1N[C@@H](c1ccc(Br)cc1)C1CC=CC21. The quantitative estimate of drug-likeness (QED) is 0.552. The minimum absolute atomic E-state index is 0.177. The lowest BCUT2D eigenvalue weighted by Gasteiger charge is -2.38. The summed E-state index contributed by atoms with van der Waals surface area (Å²) in [5, 5.41) is 3.66. The molecule has 0 amide bonds. The number of para-hydroxylation sites is 1. The Kier molecular flexibility index (Phi) is 4.38. The molecule has 1 aliphatic heterocycles. The minimum atomic E-state index is -0.262. The van der Waals surface area contributed by atoms with Gasteiger partial charge in [-0.1, -0.05) is 52.3 Å². The molecule has 3 nitrogen and oxygen atoms in total. The molecule has 1 N–H and O–H groups in total. The summed E-state index contributed by atoms with van der Waals surface area (Å²) >= 11 is 3.51. The molecule has 4 rings (SSSR count). The van der Waals surface area contributed by atoms with Gasteiger partial charge >= 0.3 is 5.97 Å². The number of hydrogen-bond acceptors (Lipinski definition) is 3. The maximum atomic E-state index is 12.4. The monoisotopic (exact) mass is 397 g/mol. The fraction of sp³-hybridized carbons (Fsp3) is 0.286. The summed E-state index contributed by atoms with van der Waals surface area (Å²) in [6.45, 7) is 2.21. The molecule has 0 saturated carbocycles. The number of rotatable bonds is 3. The average molecular weight is 398 g/mol. The Bertz CT molecular complexity index is 828. The zero-order chi connectivity index (χ0) is 17.4. The molecule has 128 valence electrons. The lowest BCUT2D eigenvalue weighted by Crippen LogP contribution is -2.30. The highest BCUT2D eigenvalue weighted by molar-refractivity contribution is 9.10. The van der Waals surface area contributed by atoms with Crippen LogP contribution in [0.1, 0.15) is 46.8 Å². The number of fused-ring (bicyclic) bond motifs is 3. The van der Waals surface area contributed by atoms with Crippen molar-refractivity contribution < 1.29 is 9.53 Å². The van der Waals surface area contributed by atoms with E-state index in [0.29, 0.717) is 24.0 Å². The van der Waals surface area contributed by atoms with Crippen LogP contribution in [0, 0.1) is 5.92 Å². The van der Waals surface area contributed by atoms with Crippen LogP contribution in [-0.2, 0) is 4.74 Å². The summed E-state index contributed by atoms with van der Waals surface area (Å²) in [6.07, 6.45) is 5.58. The molecule has 4 heteroatoms. The van der Waals surface area contributed by atoms with Gasteiger partial charge in [0.05, 0.1) is 23.9 Å². The summed E-state index contributed by atoms with van der Waals surface area (Å²) in [4.78, 5) is 12.4. The molecular weight excluding hydrogens is 378 g/mol. The Hall–Kier alpha value is -2.07. The molecule has 2 aliphatic rings. The summed E-state index contributed by atoms with van der Waals surface area (Å²) in [7, 11) is 0. The molecule has 2 unspecified atom stereocenters. The molecule has 0 fully saturated rings. The molecule has 2 aromatic rings. The highest BCUT2D eigenvalue weighted by Gasteiger charge is 2.39. The summed E-state index contributed by atoms with van der Waals surface area (Å²) in [6, 6.07) is 14.5. The number of ether oxygens (including phenoxy) is 1. The van der Waals surface area contributed by atoms with Crippen LogP contribution in [0.15, 0.2) is 59.1 Å². The van der Waals surface area contributed by atoms with Crippen molar-refractivity contribution in [1.29, 1.82) is 0 Å². The number of carbonyl (C=O) groups is 1. The molecule has 0 radical (unpaired) electrons. The Morgan fingerprint density at radius 3 is 2.80 bits per heavy atom. The Morgan fingerprint density at radius 1 is 1.24 bits per heavy atom. The third-order valence-corrected chi connectivity index (χ3v) is 5.65. The number of halogens is 1. The zero-order valence-corrected chi connectivity index (χ0v) is 15.6. The lowest BCUT2D eigenvalue weighted by atomic mass is 9.76. The smallest absolute Gasteiger partial charge is 0.340 e. The van der Waals surface area contributed by atoms with Gasteiger partial charge in [-0.2, -0.15) is 0 Å². The van der Waals surface area contributed by atoms with Crippen LogP contribution >= 0.6 is 15.9 Å². The molecule has 25 heavy (non-hydrogen) atoms. The molecule has 0 aromatic heterocycles. The molecular formula is C21H20BrNO2. The molecule has 0 spiro atoms.